The Morgan fingerprint density at radius 3 is 2.62 bits per heavy atom. The minimum absolute atomic E-state index is 0.00606. The lowest BCUT2D eigenvalue weighted by Gasteiger charge is -2.16. The first-order valence-corrected chi connectivity index (χ1v) is 9.28. The predicted octanol–water partition coefficient (Wildman–Crippen LogP) is 3.44. The van der Waals surface area contributed by atoms with E-state index in [0.717, 1.165) is 12.8 Å². The van der Waals surface area contributed by atoms with Crippen LogP contribution in [0, 0.1) is 0 Å². The summed E-state index contributed by atoms with van der Waals surface area (Å²) in [5.41, 5.74) is 1.34. The lowest BCUT2D eigenvalue weighted by molar-refractivity contribution is -0.116. The van der Waals surface area contributed by atoms with Crippen LogP contribution in [-0.2, 0) is 4.79 Å². The van der Waals surface area contributed by atoms with E-state index in [9.17, 15) is 14.7 Å². The largest absolute Gasteiger partial charge is 0.478 e. The summed E-state index contributed by atoms with van der Waals surface area (Å²) in [6.45, 7) is 5.34. The molecule has 0 aromatic carbocycles. The van der Waals surface area contributed by atoms with Crippen molar-refractivity contribution in [3.63, 3.8) is 0 Å². The van der Waals surface area contributed by atoms with E-state index in [0.29, 0.717) is 22.3 Å². The molecular formula is C18H20N4O3S. The molecule has 3 rings (SSSR count). The second kappa shape index (κ2) is 7.33. The molecule has 0 spiro atoms. The minimum Gasteiger partial charge on any atom is -0.478 e. The number of anilines is 1. The van der Waals surface area contributed by atoms with Crippen molar-refractivity contribution in [2.45, 2.75) is 45.6 Å². The second-order valence-corrected chi connectivity index (χ2v) is 7.33. The van der Waals surface area contributed by atoms with Crippen molar-refractivity contribution in [2.24, 2.45) is 0 Å². The maximum atomic E-state index is 11.8. The Morgan fingerprint density at radius 1 is 1.31 bits per heavy atom. The van der Waals surface area contributed by atoms with Crippen molar-refractivity contribution >= 4 is 40.5 Å². The van der Waals surface area contributed by atoms with Gasteiger partial charge < -0.3 is 5.11 Å². The van der Waals surface area contributed by atoms with Gasteiger partial charge in [-0.05, 0) is 30.9 Å². The van der Waals surface area contributed by atoms with Gasteiger partial charge in [0.1, 0.15) is 0 Å². The average Bonchev–Trinajstić information content (AvgIpc) is 3.30. The molecule has 26 heavy (non-hydrogen) atoms. The van der Waals surface area contributed by atoms with E-state index in [1.807, 2.05) is 19.2 Å². The minimum atomic E-state index is -1.03. The van der Waals surface area contributed by atoms with Gasteiger partial charge in [0.05, 0.1) is 17.0 Å². The number of hydrogen-bond donors (Lipinski definition) is 1. The van der Waals surface area contributed by atoms with Crippen LogP contribution >= 0.6 is 11.3 Å². The maximum Gasteiger partial charge on any atom is 0.339 e. The Hall–Kier alpha value is -2.61. The SMILES string of the molecule is CC(=O)N(c1nc(/C=C/c2ncc(C(=O)O)c(C(C)C)n2)cs1)C1CC1. The molecule has 0 atom stereocenters. The Morgan fingerprint density at radius 2 is 2.04 bits per heavy atom. The van der Waals surface area contributed by atoms with Crippen molar-refractivity contribution in [3.05, 3.63) is 34.4 Å². The van der Waals surface area contributed by atoms with Crippen molar-refractivity contribution < 1.29 is 14.7 Å². The molecule has 2 aromatic rings. The highest BCUT2D eigenvalue weighted by Crippen LogP contribution is 2.33. The first kappa shape index (κ1) is 18.2. The normalized spacial score (nSPS) is 14.2. The van der Waals surface area contributed by atoms with Crippen LogP contribution in [0.2, 0.25) is 0 Å². The number of carbonyl (C=O) groups excluding carboxylic acids is 1. The molecule has 0 radical (unpaired) electrons. The molecule has 8 heteroatoms. The van der Waals surface area contributed by atoms with Crippen LogP contribution < -0.4 is 4.90 Å². The topological polar surface area (TPSA) is 96.3 Å². The summed E-state index contributed by atoms with van der Waals surface area (Å²) in [4.78, 5) is 37.8. The zero-order valence-electron chi connectivity index (χ0n) is 14.8. The number of amides is 1. The third kappa shape index (κ3) is 3.96. The fraction of sp³-hybridized carbons (Fsp3) is 0.389. The van der Waals surface area contributed by atoms with Crippen LogP contribution in [0.15, 0.2) is 11.6 Å². The Labute approximate surface area is 155 Å². The summed E-state index contributed by atoms with van der Waals surface area (Å²) in [5, 5.41) is 11.8. The van der Waals surface area contributed by atoms with Gasteiger partial charge in [-0.3, -0.25) is 9.69 Å². The molecule has 1 N–H and O–H groups in total. The fourth-order valence-corrected chi connectivity index (χ4v) is 3.51. The van der Waals surface area contributed by atoms with Crippen LogP contribution in [0.1, 0.15) is 67.1 Å². The van der Waals surface area contributed by atoms with E-state index >= 15 is 0 Å². The van der Waals surface area contributed by atoms with Gasteiger partial charge in [-0.25, -0.2) is 19.7 Å². The molecule has 1 saturated carbocycles. The molecule has 0 unspecified atom stereocenters. The van der Waals surface area contributed by atoms with E-state index in [-0.39, 0.29) is 23.4 Å². The standard InChI is InChI=1S/C18H20N4O3S/c1-10(2)16-14(17(24)25)8-19-15(21-16)7-4-12-9-26-18(20-12)22(11(3)23)13-5-6-13/h4,7-10,13H,5-6H2,1-3H3,(H,24,25)/b7-4+. The number of carboxylic acid groups (broad SMARTS) is 1. The van der Waals surface area contributed by atoms with Gasteiger partial charge in [0.25, 0.3) is 0 Å². The number of carboxylic acids is 1. The van der Waals surface area contributed by atoms with E-state index in [1.165, 1.54) is 17.5 Å². The van der Waals surface area contributed by atoms with Crippen LogP contribution in [-0.4, -0.2) is 38.0 Å². The monoisotopic (exact) mass is 372 g/mol. The summed E-state index contributed by atoms with van der Waals surface area (Å²) < 4.78 is 0. The molecule has 0 aliphatic heterocycles. The molecule has 7 nitrogen and oxygen atoms in total. The summed E-state index contributed by atoms with van der Waals surface area (Å²) in [5.74, 6) is -0.618. The Balaban J connectivity index is 1.81. The predicted molar refractivity (Wildman–Crippen MR) is 100 cm³/mol. The number of aromatic carboxylic acids is 1. The van der Waals surface area contributed by atoms with Crippen LogP contribution in [0.3, 0.4) is 0 Å². The van der Waals surface area contributed by atoms with Gasteiger partial charge in [0, 0.05) is 24.5 Å². The number of carbonyl (C=O) groups is 2. The van der Waals surface area contributed by atoms with Crippen LogP contribution in [0.4, 0.5) is 5.13 Å². The van der Waals surface area contributed by atoms with E-state index < -0.39 is 5.97 Å². The fourth-order valence-electron chi connectivity index (χ4n) is 2.60. The second-order valence-electron chi connectivity index (χ2n) is 6.50. The zero-order valence-corrected chi connectivity index (χ0v) is 15.7. The molecule has 0 saturated heterocycles. The van der Waals surface area contributed by atoms with Gasteiger partial charge in [-0.2, -0.15) is 0 Å². The quantitative estimate of drug-likeness (QED) is 0.834. The van der Waals surface area contributed by atoms with Gasteiger partial charge in [-0.15, -0.1) is 11.3 Å². The van der Waals surface area contributed by atoms with Crippen molar-refractivity contribution in [3.8, 4) is 0 Å². The van der Waals surface area contributed by atoms with Crippen LogP contribution in [0.5, 0.6) is 0 Å². The van der Waals surface area contributed by atoms with Crippen molar-refractivity contribution in [1.29, 1.82) is 0 Å². The third-order valence-electron chi connectivity index (χ3n) is 3.98. The molecular weight excluding hydrogens is 352 g/mol. The van der Waals surface area contributed by atoms with Gasteiger partial charge in [0.15, 0.2) is 11.0 Å². The number of hydrogen-bond acceptors (Lipinski definition) is 6. The smallest absolute Gasteiger partial charge is 0.339 e. The summed E-state index contributed by atoms with van der Waals surface area (Å²) in [6, 6.07) is 0.274. The number of rotatable bonds is 6. The molecule has 1 aliphatic rings. The summed E-state index contributed by atoms with van der Waals surface area (Å²) >= 11 is 1.43. The molecule has 1 fully saturated rings. The summed E-state index contributed by atoms with van der Waals surface area (Å²) in [6.07, 6.45) is 6.84. The highest BCUT2D eigenvalue weighted by atomic mass is 32.1. The molecule has 0 bridgehead atoms. The first-order chi connectivity index (χ1) is 12.4. The Kier molecular flexibility index (Phi) is 5.13. The van der Waals surface area contributed by atoms with E-state index in [1.54, 1.807) is 24.0 Å². The lowest BCUT2D eigenvalue weighted by Crippen LogP contribution is -2.30. The van der Waals surface area contributed by atoms with Crippen molar-refractivity contribution in [1.82, 2.24) is 15.0 Å². The molecule has 136 valence electrons. The highest BCUT2D eigenvalue weighted by molar-refractivity contribution is 7.14. The molecule has 2 heterocycles. The highest BCUT2D eigenvalue weighted by Gasteiger charge is 2.33. The number of aromatic nitrogens is 3. The van der Waals surface area contributed by atoms with Gasteiger partial charge in [-0.1, -0.05) is 13.8 Å². The van der Waals surface area contributed by atoms with E-state index in [2.05, 4.69) is 15.0 Å². The number of nitrogens with zero attached hydrogens (tertiary/aromatic N) is 4. The van der Waals surface area contributed by atoms with Gasteiger partial charge in [0.2, 0.25) is 5.91 Å². The number of thiazole rings is 1. The Bertz CT molecular complexity index is 871. The van der Waals surface area contributed by atoms with Gasteiger partial charge >= 0.3 is 5.97 Å². The lowest BCUT2D eigenvalue weighted by atomic mass is 10.1. The molecule has 1 aliphatic carbocycles. The third-order valence-corrected chi connectivity index (χ3v) is 4.84. The van der Waals surface area contributed by atoms with Crippen molar-refractivity contribution in [2.75, 3.05) is 4.90 Å². The molecule has 1 amide bonds. The first-order valence-electron chi connectivity index (χ1n) is 8.40. The zero-order chi connectivity index (χ0) is 18.8. The van der Waals surface area contributed by atoms with Crippen LogP contribution in [0.25, 0.3) is 12.2 Å². The maximum absolute atomic E-state index is 11.8. The average molecular weight is 372 g/mol. The molecule has 2 aromatic heterocycles. The summed E-state index contributed by atoms with van der Waals surface area (Å²) in [7, 11) is 0. The van der Waals surface area contributed by atoms with E-state index in [4.69, 9.17) is 0 Å².